The molecule has 0 bridgehead atoms. The summed E-state index contributed by atoms with van der Waals surface area (Å²) in [6, 6.07) is 7.88. The molecule has 0 saturated heterocycles. The number of hydrogen-bond donors (Lipinski definition) is 3. The topological polar surface area (TPSA) is 104 Å². The number of nitrogens with zero attached hydrogens (tertiary/aromatic N) is 1. The Kier molecular flexibility index (Phi) is 6.98. The first-order valence-electron chi connectivity index (χ1n) is 8.61. The van der Waals surface area contributed by atoms with Gasteiger partial charge in [-0.15, -0.1) is 0 Å². The van der Waals surface area contributed by atoms with Crippen LogP contribution in [0.3, 0.4) is 0 Å². The number of H-pyrrole nitrogens is 1. The Bertz CT molecular complexity index is 828. The second-order valence-electron chi connectivity index (χ2n) is 7.12. The van der Waals surface area contributed by atoms with Crippen LogP contribution in [0.1, 0.15) is 43.9 Å². The lowest BCUT2D eigenvalue weighted by atomic mass is 10.1. The van der Waals surface area contributed by atoms with Gasteiger partial charge in [-0.05, 0) is 38.5 Å². The molecular weight excluding hydrogens is 370 g/mol. The number of aliphatic hydroxyl groups is 1. The molecule has 1 aromatic heterocycles. The number of aliphatic hydroxyl groups excluding tert-OH is 1. The SMILES string of the molecule is CC(C)(C)OC(=O)NC(Cc1ccc(Cl)cc1)c1nc(CCO)cc(=O)[nH]1. The van der Waals surface area contributed by atoms with E-state index >= 15 is 0 Å². The number of nitrogens with one attached hydrogen (secondary N) is 2. The molecule has 0 saturated carbocycles. The van der Waals surface area contributed by atoms with E-state index in [4.69, 9.17) is 21.4 Å². The molecule has 0 aliphatic carbocycles. The molecule has 8 heteroatoms. The average molecular weight is 394 g/mol. The Hall–Kier alpha value is -2.38. The summed E-state index contributed by atoms with van der Waals surface area (Å²) in [6.45, 7) is 5.17. The number of amides is 1. The number of carbonyl (C=O) groups excluding carboxylic acids is 1. The normalized spacial score (nSPS) is 12.5. The third kappa shape index (κ3) is 7.03. The van der Waals surface area contributed by atoms with E-state index < -0.39 is 17.7 Å². The maximum absolute atomic E-state index is 12.3. The van der Waals surface area contributed by atoms with Crippen LogP contribution in [-0.2, 0) is 17.6 Å². The van der Waals surface area contributed by atoms with Crippen LogP contribution >= 0.6 is 11.6 Å². The van der Waals surface area contributed by atoms with Gasteiger partial charge in [0.05, 0.1) is 11.7 Å². The first-order chi connectivity index (χ1) is 12.7. The Morgan fingerprint density at radius 3 is 2.59 bits per heavy atom. The molecule has 1 atom stereocenters. The van der Waals surface area contributed by atoms with E-state index in [2.05, 4.69) is 15.3 Å². The maximum atomic E-state index is 12.3. The van der Waals surface area contributed by atoms with Gasteiger partial charge >= 0.3 is 6.09 Å². The summed E-state index contributed by atoms with van der Waals surface area (Å²) in [7, 11) is 0. The highest BCUT2D eigenvalue weighted by Gasteiger charge is 2.23. The Labute approximate surface area is 162 Å². The predicted octanol–water partition coefficient (Wildman–Crippen LogP) is 2.77. The van der Waals surface area contributed by atoms with Gasteiger partial charge in [0, 0.05) is 30.5 Å². The van der Waals surface area contributed by atoms with Crippen LogP contribution in [0.5, 0.6) is 0 Å². The van der Waals surface area contributed by atoms with Crippen LogP contribution in [-0.4, -0.2) is 33.4 Å². The monoisotopic (exact) mass is 393 g/mol. The van der Waals surface area contributed by atoms with Crippen molar-refractivity contribution in [2.24, 2.45) is 0 Å². The lowest BCUT2D eigenvalue weighted by molar-refractivity contribution is 0.0501. The zero-order valence-electron chi connectivity index (χ0n) is 15.6. The van der Waals surface area contributed by atoms with Crippen molar-refractivity contribution in [3.05, 3.63) is 62.8 Å². The fourth-order valence-electron chi connectivity index (χ4n) is 2.46. The minimum absolute atomic E-state index is 0.128. The number of aromatic amines is 1. The zero-order valence-corrected chi connectivity index (χ0v) is 16.3. The number of hydrogen-bond acceptors (Lipinski definition) is 5. The third-order valence-electron chi connectivity index (χ3n) is 3.56. The van der Waals surface area contributed by atoms with Crippen molar-refractivity contribution < 1.29 is 14.6 Å². The van der Waals surface area contributed by atoms with Crippen molar-refractivity contribution in [2.75, 3.05) is 6.61 Å². The molecule has 1 aromatic carbocycles. The fourth-order valence-corrected chi connectivity index (χ4v) is 2.58. The van der Waals surface area contributed by atoms with Gasteiger partial charge in [-0.3, -0.25) is 4.79 Å². The lowest BCUT2D eigenvalue weighted by Gasteiger charge is -2.23. The summed E-state index contributed by atoms with van der Waals surface area (Å²) >= 11 is 5.93. The molecular formula is C19H24ClN3O4. The predicted molar refractivity (Wildman–Crippen MR) is 103 cm³/mol. The minimum atomic E-state index is -0.658. The number of alkyl carbamates (subject to hydrolysis) is 1. The van der Waals surface area contributed by atoms with Crippen LogP contribution in [0.4, 0.5) is 4.79 Å². The molecule has 0 aliphatic heterocycles. The van der Waals surface area contributed by atoms with Crippen molar-refractivity contribution in [1.82, 2.24) is 15.3 Å². The van der Waals surface area contributed by atoms with Gasteiger partial charge in [0.15, 0.2) is 0 Å². The molecule has 2 aromatic rings. The highest BCUT2D eigenvalue weighted by molar-refractivity contribution is 6.30. The van der Waals surface area contributed by atoms with Crippen molar-refractivity contribution in [3.63, 3.8) is 0 Å². The Morgan fingerprint density at radius 1 is 1.33 bits per heavy atom. The summed E-state index contributed by atoms with van der Waals surface area (Å²) in [4.78, 5) is 31.3. The molecule has 7 nitrogen and oxygen atoms in total. The van der Waals surface area contributed by atoms with E-state index in [0.29, 0.717) is 23.0 Å². The summed E-state index contributed by atoms with van der Waals surface area (Å²) in [5.41, 5.74) is 0.337. The van der Waals surface area contributed by atoms with E-state index in [0.717, 1.165) is 5.56 Å². The molecule has 146 valence electrons. The highest BCUT2D eigenvalue weighted by atomic mass is 35.5. The molecule has 1 heterocycles. The summed E-state index contributed by atoms with van der Waals surface area (Å²) < 4.78 is 5.32. The van der Waals surface area contributed by atoms with E-state index in [9.17, 15) is 9.59 Å². The van der Waals surface area contributed by atoms with Crippen LogP contribution in [0.25, 0.3) is 0 Å². The molecule has 0 spiro atoms. The molecule has 2 rings (SSSR count). The summed E-state index contributed by atoms with van der Waals surface area (Å²) in [5.74, 6) is 0.298. The number of aromatic nitrogens is 2. The van der Waals surface area contributed by atoms with Gasteiger partial charge in [-0.2, -0.15) is 0 Å². The van der Waals surface area contributed by atoms with E-state index in [-0.39, 0.29) is 18.6 Å². The molecule has 1 unspecified atom stereocenters. The van der Waals surface area contributed by atoms with E-state index in [1.54, 1.807) is 32.9 Å². The van der Waals surface area contributed by atoms with Gasteiger partial charge in [-0.25, -0.2) is 9.78 Å². The van der Waals surface area contributed by atoms with E-state index in [1.165, 1.54) is 6.07 Å². The Morgan fingerprint density at radius 2 is 2.00 bits per heavy atom. The largest absolute Gasteiger partial charge is 0.444 e. The third-order valence-corrected chi connectivity index (χ3v) is 3.81. The molecule has 1 amide bonds. The maximum Gasteiger partial charge on any atom is 0.408 e. The van der Waals surface area contributed by atoms with Crippen LogP contribution in [0.2, 0.25) is 5.02 Å². The molecule has 0 aliphatic rings. The highest BCUT2D eigenvalue weighted by Crippen LogP contribution is 2.18. The van der Waals surface area contributed by atoms with E-state index in [1.807, 2.05) is 12.1 Å². The van der Waals surface area contributed by atoms with Crippen molar-refractivity contribution in [3.8, 4) is 0 Å². The molecule has 27 heavy (non-hydrogen) atoms. The van der Waals surface area contributed by atoms with Gasteiger partial charge in [0.25, 0.3) is 5.56 Å². The average Bonchev–Trinajstić information content (AvgIpc) is 2.54. The lowest BCUT2D eigenvalue weighted by Crippen LogP contribution is -2.37. The van der Waals surface area contributed by atoms with Crippen LogP contribution in [0, 0.1) is 0 Å². The fraction of sp³-hybridized carbons (Fsp3) is 0.421. The van der Waals surface area contributed by atoms with Gasteiger partial charge < -0.3 is 20.1 Å². The van der Waals surface area contributed by atoms with Crippen molar-refractivity contribution >= 4 is 17.7 Å². The number of ether oxygens (including phenoxy) is 1. The molecule has 0 fully saturated rings. The summed E-state index contributed by atoms with van der Waals surface area (Å²) in [5, 5.41) is 12.5. The number of carbonyl (C=O) groups is 1. The van der Waals surface area contributed by atoms with Gasteiger partial charge in [0.1, 0.15) is 11.4 Å². The first kappa shape index (κ1) is 20.9. The standard InChI is InChI=1S/C19H24ClN3O4/c1-19(2,3)27-18(26)22-15(10-12-4-6-13(20)7-5-12)17-21-14(8-9-24)11-16(25)23-17/h4-7,11,15,24H,8-10H2,1-3H3,(H,22,26)(H,21,23,25). The smallest absolute Gasteiger partial charge is 0.408 e. The zero-order chi connectivity index (χ0) is 20.0. The molecule has 0 radical (unpaired) electrons. The number of benzene rings is 1. The second-order valence-corrected chi connectivity index (χ2v) is 7.56. The first-order valence-corrected chi connectivity index (χ1v) is 8.99. The summed E-state index contributed by atoms with van der Waals surface area (Å²) in [6.07, 6.45) is 0.00977. The Balaban J connectivity index is 2.32. The van der Waals surface area contributed by atoms with Gasteiger partial charge in [-0.1, -0.05) is 23.7 Å². The quantitative estimate of drug-likeness (QED) is 0.700. The minimum Gasteiger partial charge on any atom is -0.444 e. The number of rotatable bonds is 6. The molecule has 3 N–H and O–H groups in total. The van der Waals surface area contributed by atoms with Crippen LogP contribution in [0.15, 0.2) is 35.1 Å². The van der Waals surface area contributed by atoms with Crippen molar-refractivity contribution in [1.29, 1.82) is 0 Å². The van der Waals surface area contributed by atoms with Crippen molar-refractivity contribution in [2.45, 2.75) is 45.3 Å². The second kappa shape index (κ2) is 9.01. The number of halogens is 1. The van der Waals surface area contributed by atoms with Crippen LogP contribution < -0.4 is 10.9 Å². The van der Waals surface area contributed by atoms with Gasteiger partial charge in [0.2, 0.25) is 0 Å².